The summed E-state index contributed by atoms with van der Waals surface area (Å²) >= 11 is 0. The molecule has 0 radical (unpaired) electrons. The molecule has 7 heteroatoms. The van der Waals surface area contributed by atoms with Gasteiger partial charge in [0.1, 0.15) is 6.33 Å². The normalized spacial score (nSPS) is 15.7. The van der Waals surface area contributed by atoms with Gasteiger partial charge in [0, 0.05) is 31.5 Å². The second-order valence-corrected chi connectivity index (χ2v) is 7.25. The fourth-order valence-electron chi connectivity index (χ4n) is 3.47. The maximum Gasteiger partial charge on any atom is 0.319 e. The molecule has 1 aromatic heterocycles. The van der Waals surface area contributed by atoms with Crippen LogP contribution in [0.3, 0.4) is 0 Å². The van der Waals surface area contributed by atoms with Crippen LogP contribution in [-0.2, 0) is 0 Å². The number of nitrogens with one attached hydrogen (secondary N) is 2. The zero-order valence-corrected chi connectivity index (χ0v) is 16.0. The molecule has 1 atom stereocenters. The minimum atomic E-state index is -0.238. The van der Waals surface area contributed by atoms with Crippen LogP contribution >= 0.6 is 0 Å². The Labute approximate surface area is 154 Å². The number of anilines is 2. The van der Waals surface area contributed by atoms with Crippen LogP contribution in [0.5, 0.6) is 0 Å². The lowest BCUT2D eigenvalue weighted by atomic mass is 10.1. The van der Waals surface area contributed by atoms with Crippen LogP contribution < -0.4 is 15.5 Å². The van der Waals surface area contributed by atoms with Gasteiger partial charge < -0.3 is 20.1 Å². The molecule has 26 heavy (non-hydrogen) atoms. The highest BCUT2D eigenvalue weighted by atomic mass is 16.2. The number of aromatic nitrogens is 3. The number of urea groups is 1. The molecule has 0 aliphatic heterocycles. The minimum absolute atomic E-state index is 0.213. The predicted molar refractivity (Wildman–Crippen MR) is 104 cm³/mol. The summed E-state index contributed by atoms with van der Waals surface area (Å²) in [6, 6.07) is 6.01. The van der Waals surface area contributed by atoms with Crippen molar-refractivity contribution < 1.29 is 4.79 Å². The smallest absolute Gasteiger partial charge is 0.319 e. The number of hydrogen-bond acceptors (Lipinski definition) is 4. The molecule has 2 N–H and O–H groups in total. The van der Waals surface area contributed by atoms with Gasteiger partial charge in [0.15, 0.2) is 5.82 Å². The Hall–Kier alpha value is -2.57. The molecular weight excluding hydrogens is 328 g/mol. The second kappa shape index (κ2) is 7.76. The van der Waals surface area contributed by atoms with Crippen LogP contribution in [-0.4, -0.2) is 34.9 Å². The molecule has 7 nitrogen and oxygen atoms in total. The number of hydrogen-bond donors (Lipinski definition) is 2. The van der Waals surface area contributed by atoms with Crippen molar-refractivity contribution in [3.63, 3.8) is 0 Å². The lowest BCUT2D eigenvalue weighted by Crippen LogP contribution is -2.33. The van der Waals surface area contributed by atoms with E-state index in [1.807, 2.05) is 51.0 Å². The monoisotopic (exact) mass is 356 g/mol. The largest absolute Gasteiger partial charge is 0.378 e. The molecule has 0 bridgehead atoms. The topological polar surface area (TPSA) is 75.1 Å². The number of aryl methyl sites for hydroxylation is 1. The molecule has 1 aliphatic carbocycles. The van der Waals surface area contributed by atoms with E-state index in [0.717, 1.165) is 35.6 Å². The highest BCUT2D eigenvalue weighted by Crippen LogP contribution is 2.31. The molecule has 1 saturated carbocycles. The van der Waals surface area contributed by atoms with E-state index in [2.05, 4.69) is 25.4 Å². The number of rotatable bonds is 5. The summed E-state index contributed by atoms with van der Waals surface area (Å²) in [4.78, 5) is 14.5. The third-order valence-corrected chi connectivity index (χ3v) is 5.04. The summed E-state index contributed by atoms with van der Waals surface area (Å²) < 4.78 is 2.12. The van der Waals surface area contributed by atoms with Crippen molar-refractivity contribution in [1.29, 1.82) is 0 Å². The lowest BCUT2D eigenvalue weighted by molar-refractivity contribution is 0.248. The SMILES string of the molecule is Cc1ccc(N(C)C)cc1NC(=O)N[C@@H](C)c1nncn1C1CCCC1. The first-order valence-electron chi connectivity index (χ1n) is 9.20. The summed E-state index contributed by atoms with van der Waals surface area (Å²) in [5.41, 5.74) is 2.87. The second-order valence-electron chi connectivity index (χ2n) is 7.25. The van der Waals surface area contributed by atoms with Crippen LogP contribution in [0.25, 0.3) is 0 Å². The van der Waals surface area contributed by atoms with Crippen molar-refractivity contribution in [2.75, 3.05) is 24.3 Å². The first kappa shape index (κ1) is 18.2. The van der Waals surface area contributed by atoms with Gasteiger partial charge in [0.05, 0.1) is 6.04 Å². The zero-order valence-electron chi connectivity index (χ0n) is 16.0. The molecule has 0 spiro atoms. The molecule has 2 aromatic rings. The van der Waals surface area contributed by atoms with E-state index in [4.69, 9.17) is 0 Å². The third kappa shape index (κ3) is 3.98. The van der Waals surface area contributed by atoms with E-state index in [-0.39, 0.29) is 12.1 Å². The van der Waals surface area contributed by atoms with Crippen LogP contribution in [0.1, 0.15) is 56.1 Å². The highest BCUT2D eigenvalue weighted by Gasteiger charge is 2.23. The standard InChI is InChI=1S/C19H28N6O/c1-13-9-10-16(24(3)4)11-17(13)22-19(26)21-14(2)18-23-20-12-25(18)15-7-5-6-8-15/h9-12,14-15H,5-8H2,1-4H3,(H2,21,22,26)/t14-/m0/s1. The van der Waals surface area contributed by atoms with Crippen molar-refractivity contribution in [3.05, 3.63) is 35.9 Å². The third-order valence-electron chi connectivity index (χ3n) is 5.04. The molecule has 1 aromatic carbocycles. The molecule has 0 saturated heterocycles. The Bertz CT molecular complexity index is 763. The molecule has 1 aliphatic rings. The first-order valence-corrected chi connectivity index (χ1v) is 9.20. The van der Waals surface area contributed by atoms with Crippen LogP contribution in [0.4, 0.5) is 16.2 Å². The Kier molecular flexibility index (Phi) is 5.44. The molecule has 1 heterocycles. The molecule has 0 unspecified atom stereocenters. The van der Waals surface area contributed by atoms with E-state index in [9.17, 15) is 4.79 Å². The van der Waals surface area contributed by atoms with Gasteiger partial charge in [-0.05, 0) is 44.4 Å². The molecule has 2 amide bonds. The van der Waals surface area contributed by atoms with Gasteiger partial charge in [-0.3, -0.25) is 0 Å². The average molecular weight is 356 g/mol. The Morgan fingerprint density at radius 2 is 2.04 bits per heavy atom. The van der Waals surface area contributed by atoms with Gasteiger partial charge in [-0.2, -0.15) is 0 Å². The van der Waals surface area contributed by atoms with Gasteiger partial charge in [0.25, 0.3) is 0 Å². The number of carbonyl (C=O) groups excluding carboxylic acids is 1. The van der Waals surface area contributed by atoms with Crippen molar-refractivity contribution in [2.24, 2.45) is 0 Å². The van der Waals surface area contributed by atoms with Gasteiger partial charge in [-0.25, -0.2) is 4.79 Å². The number of nitrogens with zero attached hydrogens (tertiary/aromatic N) is 4. The van der Waals surface area contributed by atoms with Crippen LogP contribution in [0, 0.1) is 6.92 Å². The summed E-state index contributed by atoms with van der Waals surface area (Å²) in [5.74, 6) is 0.811. The van der Waals surface area contributed by atoms with Crippen LogP contribution in [0.2, 0.25) is 0 Å². The summed E-state index contributed by atoms with van der Waals surface area (Å²) in [6.07, 6.45) is 6.57. The zero-order chi connectivity index (χ0) is 18.7. The van der Waals surface area contributed by atoms with E-state index in [0.29, 0.717) is 6.04 Å². The van der Waals surface area contributed by atoms with E-state index >= 15 is 0 Å². The number of benzene rings is 1. The van der Waals surface area contributed by atoms with Crippen molar-refractivity contribution in [1.82, 2.24) is 20.1 Å². The minimum Gasteiger partial charge on any atom is -0.378 e. The van der Waals surface area contributed by atoms with Gasteiger partial charge >= 0.3 is 6.03 Å². The Morgan fingerprint density at radius 1 is 1.31 bits per heavy atom. The number of carbonyl (C=O) groups is 1. The van der Waals surface area contributed by atoms with Crippen molar-refractivity contribution in [3.8, 4) is 0 Å². The lowest BCUT2D eigenvalue weighted by Gasteiger charge is -2.20. The van der Waals surface area contributed by atoms with E-state index < -0.39 is 0 Å². The maximum atomic E-state index is 12.5. The molecular formula is C19H28N6O. The van der Waals surface area contributed by atoms with Crippen LogP contribution in [0.15, 0.2) is 24.5 Å². The Morgan fingerprint density at radius 3 is 2.73 bits per heavy atom. The van der Waals surface area contributed by atoms with Crippen molar-refractivity contribution >= 4 is 17.4 Å². The van der Waals surface area contributed by atoms with E-state index in [1.54, 1.807) is 6.33 Å². The maximum absolute atomic E-state index is 12.5. The molecule has 140 valence electrons. The predicted octanol–water partition coefficient (Wildman–Crippen LogP) is 3.65. The van der Waals surface area contributed by atoms with Gasteiger partial charge in [-0.15, -0.1) is 10.2 Å². The van der Waals surface area contributed by atoms with E-state index in [1.165, 1.54) is 12.8 Å². The van der Waals surface area contributed by atoms with Crippen molar-refractivity contribution in [2.45, 2.75) is 51.6 Å². The number of amides is 2. The summed E-state index contributed by atoms with van der Waals surface area (Å²) in [7, 11) is 3.96. The first-order chi connectivity index (χ1) is 12.5. The highest BCUT2D eigenvalue weighted by molar-refractivity contribution is 5.91. The fraction of sp³-hybridized carbons (Fsp3) is 0.526. The Balaban J connectivity index is 1.67. The van der Waals surface area contributed by atoms with Gasteiger partial charge in [0.2, 0.25) is 0 Å². The molecule has 3 rings (SSSR count). The summed E-state index contributed by atoms with van der Waals surface area (Å²) in [5, 5.41) is 14.2. The molecule has 1 fully saturated rings. The fourth-order valence-corrected chi connectivity index (χ4v) is 3.47. The average Bonchev–Trinajstić information content (AvgIpc) is 3.27. The van der Waals surface area contributed by atoms with Gasteiger partial charge in [-0.1, -0.05) is 18.9 Å². The summed E-state index contributed by atoms with van der Waals surface area (Å²) in [6.45, 7) is 3.92. The quantitative estimate of drug-likeness (QED) is 0.857.